The molecule has 22 heavy (non-hydrogen) atoms. The van der Waals surface area contributed by atoms with Crippen molar-refractivity contribution in [1.82, 2.24) is 5.32 Å². The molecule has 1 N–H and O–H groups in total. The van der Waals surface area contributed by atoms with E-state index in [1.54, 1.807) is 14.2 Å². The molecule has 0 unspecified atom stereocenters. The lowest BCUT2D eigenvalue weighted by Crippen LogP contribution is -2.50. The highest BCUT2D eigenvalue weighted by atomic mass is 16.6. The summed E-state index contributed by atoms with van der Waals surface area (Å²) in [6.07, 6.45) is 1.11. The Hall–Kier alpha value is -1.43. The number of nitrogens with one attached hydrogen (secondary N) is 1. The number of hydrogen-bond donors (Lipinski definition) is 1. The largest absolute Gasteiger partial charge is 0.378 e. The second kappa shape index (κ2) is 8.88. The van der Waals surface area contributed by atoms with Gasteiger partial charge in [-0.05, 0) is 12.0 Å². The van der Waals surface area contributed by atoms with Gasteiger partial charge in [-0.15, -0.1) is 0 Å². The quantitative estimate of drug-likeness (QED) is 0.827. The van der Waals surface area contributed by atoms with Crippen LogP contribution in [0.15, 0.2) is 30.3 Å². The molecular weight excluding hydrogens is 282 g/mol. The van der Waals surface area contributed by atoms with Gasteiger partial charge in [-0.1, -0.05) is 30.3 Å². The van der Waals surface area contributed by atoms with Crippen LogP contribution in [0.5, 0.6) is 0 Å². The second-order valence-corrected chi connectivity index (χ2v) is 5.56. The van der Waals surface area contributed by atoms with E-state index in [-0.39, 0.29) is 24.0 Å². The highest BCUT2D eigenvalue weighted by Crippen LogP contribution is 2.19. The molecule has 0 aromatic heterocycles. The molecule has 1 aromatic carbocycles. The van der Waals surface area contributed by atoms with E-state index in [0.29, 0.717) is 26.2 Å². The van der Waals surface area contributed by atoms with E-state index in [2.05, 4.69) is 5.32 Å². The van der Waals surface area contributed by atoms with Crippen molar-refractivity contribution in [2.45, 2.75) is 25.0 Å². The van der Waals surface area contributed by atoms with Gasteiger partial charge >= 0.3 is 0 Å². The van der Waals surface area contributed by atoms with E-state index < -0.39 is 0 Å². The zero-order valence-corrected chi connectivity index (χ0v) is 13.3. The third-order valence-electron chi connectivity index (χ3n) is 4.06. The average Bonchev–Trinajstić information content (AvgIpc) is 2.58. The maximum Gasteiger partial charge on any atom is 0.220 e. The van der Waals surface area contributed by atoms with E-state index >= 15 is 0 Å². The molecule has 0 saturated carbocycles. The van der Waals surface area contributed by atoms with Crippen LogP contribution in [-0.2, 0) is 25.4 Å². The smallest absolute Gasteiger partial charge is 0.220 e. The minimum atomic E-state index is -0.0787. The van der Waals surface area contributed by atoms with Crippen LogP contribution in [0.2, 0.25) is 0 Å². The Bertz CT molecular complexity index is 451. The maximum absolute atomic E-state index is 12.0. The highest BCUT2D eigenvalue weighted by molar-refractivity contribution is 5.76. The molecule has 5 heteroatoms. The summed E-state index contributed by atoms with van der Waals surface area (Å²) in [6, 6.07) is 10.0. The van der Waals surface area contributed by atoms with Crippen molar-refractivity contribution in [3.05, 3.63) is 35.9 Å². The van der Waals surface area contributed by atoms with Gasteiger partial charge in [-0.2, -0.15) is 0 Å². The Morgan fingerprint density at radius 3 is 2.68 bits per heavy atom. The zero-order chi connectivity index (χ0) is 15.8. The summed E-state index contributed by atoms with van der Waals surface area (Å²) in [5.41, 5.74) is 1.17. The predicted octanol–water partition coefficient (Wildman–Crippen LogP) is 1.41. The molecule has 1 fully saturated rings. The molecule has 5 nitrogen and oxygen atoms in total. The molecule has 0 radical (unpaired) electrons. The minimum Gasteiger partial charge on any atom is -0.378 e. The van der Waals surface area contributed by atoms with Gasteiger partial charge in [0, 0.05) is 33.1 Å². The summed E-state index contributed by atoms with van der Waals surface area (Å²) in [4.78, 5) is 12.0. The topological polar surface area (TPSA) is 56.8 Å². The first-order valence-electron chi connectivity index (χ1n) is 7.68. The van der Waals surface area contributed by atoms with Gasteiger partial charge in [0.15, 0.2) is 0 Å². The van der Waals surface area contributed by atoms with Crippen molar-refractivity contribution in [3.8, 4) is 0 Å². The summed E-state index contributed by atoms with van der Waals surface area (Å²) in [5, 5.41) is 2.98. The molecule has 1 saturated heterocycles. The first-order valence-corrected chi connectivity index (χ1v) is 7.68. The maximum atomic E-state index is 12.0. The lowest BCUT2D eigenvalue weighted by Gasteiger charge is -2.36. The van der Waals surface area contributed by atoms with Crippen LogP contribution in [0.4, 0.5) is 0 Å². The SMILES string of the molecule is CO[C@H]1[C@H](CNC(=O)CCc2ccccc2)COC[C@H]1OC. The third-order valence-corrected chi connectivity index (χ3v) is 4.06. The Morgan fingerprint density at radius 2 is 2.00 bits per heavy atom. The van der Waals surface area contributed by atoms with Crippen molar-refractivity contribution in [3.63, 3.8) is 0 Å². The third kappa shape index (κ3) is 4.80. The molecule has 1 amide bonds. The highest BCUT2D eigenvalue weighted by Gasteiger charge is 2.34. The number of methoxy groups -OCH3 is 2. The number of carbonyl (C=O) groups is 1. The Labute approximate surface area is 131 Å². The molecule has 1 aliphatic rings. The summed E-state index contributed by atoms with van der Waals surface area (Å²) < 4.78 is 16.4. The first kappa shape index (κ1) is 16.9. The van der Waals surface area contributed by atoms with E-state index in [1.807, 2.05) is 30.3 Å². The normalized spacial score (nSPS) is 24.9. The fraction of sp³-hybridized carbons (Fsp3) is 0.588. The van der Waals surface area contributed by atoms with E-state index in [1.165, 1.54) is 5.56 Å². The first-order chi connectivity index (χ1) is 10.7. The summed E-state index contributed by atoms with van der Waals surface area (Å²) >= 11 is 0. The number of amides is 1. The van der Waals surface area contributed by atoms with Gasteiger partial charge in [0.25, 0.3) is 0 Å². The molecule has 1 aromatic rings. The summed E-state index contributed by atoms with van der Waals surface area (Å²) in [7, 11) is 3.33. The van der Waals surface area contributed by atoms with Crippen molar-refractivity contribution in [2.24, 2.45) is 5.92 Å². The van der Waals surface area contributed by atoms with E-state index in [0.717, 1.165) is 6.42 Å². The van der Waals surface area contributed by atoms with Crippen molar-refractivity contribution < 1.29 is 19.0 Å². The minimum absolute atomic E-state index is 0.0480. The van der Waals surface area contributed by atoms with Crippen LogP contribution in [0, 0.1) is 5.92 Å². The summed E-state index contributed by atoms with van der Waals surface area (Å²) in [6.45, 7) is 1.66. The van der Waals surface area contributed by atoms with Crippen LogP contribution < -0.4 is 5.32 Å². The van der Waals surface area contributed by atoms with Crippen LogP contribution in [-0.4, -0.2) is 52.1 Å². The Kier molecular flexibility index (Phi) is 6.83. The monoisotopic (exact) mass is 307 g/mol. The molecular formula is C17H25NO4. The molecule has 1 aliphatic heterocycles. The molecule has 122 valence electrons. The number of hydrogen-bond acceptors (Lipinski definition) is 4. The van der Waals surface area contributed by atoms with Gasteiger partial charge < -0.3 is 19.5 Å². The lowest BCUT2D eigenvalue weighted by atomic mass is 9.96. The van der Waals surface area contributed by atoms with Crippen LogP contribution >= 0.6 is 0 Å². The van der Waals surface area contributed by atoms with Gasteiger partial charge in [0.1, 0.15) is 6.10 Å². The Balaban J connectivity index is 1.75. The number of benzene rings is 1. The lowest BCUT2D eigenvalue weighted by molar-refractivity contribution is -0.147. The molecule has 2 rings (SSSR count). The molecule has 0 aliphatic carbocycles. The molecule has 0 bridgehead atoms. The molecule has 1 heterocycles. The number of aryl methyl sites for hydroxylation is 1. The summed E-state index contributed by atoms with van der Waals surface area (Å²) in [5.74, 6) is 0.169. The van der Waals surface area contributed by atoms with Gasteiger partial charge in [0.2, 0.25) is 5.91 Å². The number of carbonyl (C=O) groups excluding carboxylic acids is 1. The number of rotatable bonds is 7. The van der Waals surface area contributed by atoms with Crippen LogP contribution in [0.25, 0.3) is 0 Å². The fourth-order valence-corrected chi connectivity index (χ4v) is 2.79. The van der Waals surface area contributed by atoms with Crippen LogP contribution in [0.3, 0.4) is 0 Å². The van der Waals surface area contributed by atoms with Crippen LogP contribution in [0.1, 0.15) is 12.0 Å². The van der Waals surface area contributed by atoms with E-state index in [9.17, 15) is 4.79 Å². The van der Waals surface area contributed by atoms with Crippen molar-refractivity contribution in [1.29, 1.82) is 0 Å². The van der Waals surface area contributed by atoms with Gasteiger partial charge in [0.05, 0.1) is 19.3 Å². The van der Waals surface area contributed by atoms with Crippen molar-refractivity contribution >= 4 is 5.91 Å². The van der Waals surface area contributed by atoms with E-state index in [4.69, 9.17) is 14.2 Å². The second-order valence-electron chi connectivity index (χ2n) is 5.56. The van der Waals surface area contributed by atoms with Gasteiger partial charge in [-0.3, -0.25) is 4.79 Å². The zero-order valence-electron chi connectivity index (χ0n) is 13.3. The Morgan fingerprint density at radius 1 is 1.23 bits per heavy atom. The standard InChI is InChI=1S/C17H25NO4/c1-20-15-12-22-11-14(17(15)21-2)10-18-16(19)9-8-13-6-4-3-5-7-13/h3-7,14-15,17H,8-12H2,1-2H3,(H,18,19)/t14-,15-,17+/m1/s1. The van der Waals surface area contributed by atoms with Crippen molar-refractivity contribution in [2.75, 3.05) is 34.0 Å². The van der Waals surface area contributed by atoms with Gasteiger partial charge in [-0.25, -0.2) is 0 Å². The fourth-order valence-electron chi connectivity index (χ4n) is 2.79. The number of ether oxygens (including phenoxy) is 3. The molecule has 0 spiro atoms. The average molecular weight is 307 g/mol. The predicted molar refractivity (Wildman–Crippen MR) is 83.7 cm³/mol. The molecule has 3 atom stereocenters.